The van der Waals surface area contributed by atoms with Gasteiger partial charge in [-0.05, 0) is 38.0 Å². The summed E-state index contributed by atoms with van der Waals surface area (Å²) in [4.78, 5) is 12.8. The highest BCUT2D eigenvalue weighted by Gasteiger charge is 2.47. The molecule has 2 unspecified atom stereocenters. The molecule has 0 spiro atoms. The molecule has 2 fully saturated rings. The average molecular weight is 268 g/mol. The van der Waals surface area contributed by atoms with E-state index in [0.717, 1.165) is 38.0 Å². The SMILES string of the molecule is CC1CCCC(NC(=O)C2(C(N)=S)CCC2)CC1. The molecule has 2 atom stereocenters. The van der Waals surface area contributed by atoms with Gasteiger partial charge in [0.05, 0.1) is 10.4 Å². The fraction of sp³-hybridized carbons (Fsp3) is 0.857. The fourth-order valence-electron chi connectivity index (χ4n) is 3.07. The molecule has 2 saturated carbocycles. The van der Waals surface area contributed by atoms with E-state index in [4.69, 9.17) is 18.0 Å². The second-order valence-corrected chi connectivity index (χ2v) is 6.52. The quantitative estimate of drug-likeness (QED) is 0.611. The van der Waals surface area contributed by atoms with Crippen molar-refractivity contribution >= 4 is 23.1 Å². The molecule has 1 amide bonds. The summed E-state index contributed by atoms with van der Waals surface area (Å²) in [5.41, 5.74) is 5.24. The van der Waals surface area contributed by atoms with Gasteiger partial charge in [-0.25, -0.2) is 0 Å². The third-order valence-electron chi connectivity index (χ3n) is 4.71. The minimum atomic E-state index is -0.521. The molecule has 4 heteroatoms. The smallest absolute Gasteiger partial charge is 0.233 e. The van der Waals surface area contributed by atoms with Crippen molar-refractivity contribution in [3.8, 4) is 0 Å². The van der Waals surface area contributed by atoms with E-state index in [-0.39, 0.29) is 5.91 Å². The minimum absolute atomic E-state index is 0.0841. The van der Waals surface area contributed by atoms with E-state index in [1.165, 1.54) is 19.3 Å². The second-order valence-electron chi connectivity index (χ2n) is 6.08. The van der Waals surface area contributed by atoms with Gasteiger partial charge in [-0.3, -0.25) is 4.79 Å². The number of carbonyl (C=O) groups excluding carboxylic acids is 1. The summed E-state index contributed by atoms with van der Waals surface area (Å²) in [5.74, 6) is 0.876. The van der Waals surface area contributed by atoms with Crippen LogP contribution >= 0.6 is 12.2 Å². The van der Waals surface area contributed by atoms with E-state index in [9.17, 15) is 4.79 Å². The first-order valence-electron chi connectivity index (χ1n) is 7.15. The predicted molar refractivity (Wildman–Crippen MR) is 77.2 cm³/mol. The lowest BCUT2D eigenvalue weighted by Gasteiger charge is -2.40. The van der Waals surface area contributed by atoms with Crippen molar-refractivity contribution in [1.29, 1.82) is 0 Å². The van der Waals surface area contributed by atoms with Gasteiger partial charge >= 0.3 is 0 Å². The van der Waals surface area contributed by atoms with Crippen LogP contribution in [-0.4, -0.2) is 16.9 Å². The predicted octanol–water partition coefficient (Wildman–Crippen LogP) is 2.53. The molecule has 0 aliphatic heterocycles. The number of nitrogens with one attached hydrogen (secondary N) is 1. The lowest BCUT2D eigenvalue weighted by atomic mass is 9.68. The first-order valence-corrected chi connectivity index (χ1v) is 7.56. The van der Waals surface area contributed by atoms with Crippen LogP contribution in [0.2, 0.25) is 0 Å². The second kappa shape index (κ2) is 5.55. The molecule has 18 heavy (non-hydrogen) atoms. The zero-order chi connectivity index (χ0) is 13.2. The van der Waals surface area contributed by atoms with Crippen LogP contribution in [0, 0.1) is 11.3 Å². The Hall–Kier alpha value is -0.640. The average Bonchev–Trinajstić information content (AvgIpc) is 2.41. The number of rotatable bonds is 3. The van der Waals surface area contributed by atoms with Crippen molar-refractivity contribution in [2.45, 2.75) is 64.3 Å². The molecule has 3 N–H and O–H groups in total. The largest absolute Gasteiger partial charge is 0.392 e. The maximum absolute atomic E-state index is 12.4. The van der Waals surface area contributed by atoms with E-state index in [0.29, 0.717) is 11.0 Å². The van der Waals surface area contributed by atoms with E-state index in [1.807, 2.05) is 0 Å². The van der Waals surface area contributed by atoms with E-state index in [1.54, 1.807) is 0 Å². The zero-order valence-corrected chi connectivity index (χ0v) is 12.0. The monoisotopic (exact) mass is 268 g/mol. The summed E-state index contributed by atoms with van der Waals surface area (Å²) in [6.45, 7) is 2.30. The van der Waals surface area contributed by atoms with Crippen molar-refractivity contribution < 1.29 is 4.79 Å². The maximum atomic E-state index is 12.4. The Balaban J connectivity index is 1.92. The molecule has 0 radical (unpaired) electrons. The summed E-state index contributed by atoms with van der Waals surface area (Å²) in [6.07, 6.45) is 8.63. The highest BCUT2D eigenvalue weighted by Crippen LogP contribution is 2.41. The van der Waals surface area contributed by atoms with Gasteiger partial charge < -0.3 is 11.1 Å². The molecule has 2 aliphatic carbocycles. The van der Waals surface area contributed by atoms with Gasteiger partial charge in [0.25, 0.3) is 0 Å². The molecular weight excluding hydrogens is 244 g/mol. The van der Waals surface area contributed by atoms with Gasteiger partial charge in [-0.15, -0.1) is 0 Å². The van der Waals surface area contributed by atoms with Crippen molar-refractivity contribution in [2.24, 2.45) is 17.1 Å². The van der Waals surface area contributed by atoms with Crippen LogP contribution in [0.5, 0.6) is 0 Å². The van der Waals surface area contributed by atoms with Crippen molar-refractivity contribution in [1.82, 2.24) is 5.32 Å². The van der Waals surface area contributed by atoms with Gasteiger partial charge in [0, 0.05) is 6.04 Å². The minimum Gasteiger partial charge on any atom is -0.392 e. The highest BCUT2D eigenvalue weighted by molar-refractivity contribution is 7.80. The van der Waals surface area contributed by atoms with Crippen LogP contribution in [-0.2, 0) is 4.79 Å². The standard InChI is InChI=1S/C14H24N2OS/c1-10-4-2-5-11(7-6-10)16-13(17)14(12(15)18)8-3-9-14/h10-11H,2-9H2,1H3,(H2,15,18)(H,16,17). The molecule has 2 rings (SSSR count). The molecule has 0 bridgehead atoms. The summed E-state index contributed by atoms with van der Waals surface area (Å²) in [6, 6.07) is 0.328. The molecule has 0 saturated heterocycles. The zero-order valence-electron chi connectivity index (χ0n) is 11.2. The van der Waals surface area contributed by atoms with Gasteiger partial charge in [0.15, 0.2) is 0 Å². The third-order valence-corrected chi connectivity index (χ3v) is 5.10. The number of amides is 1. The van der Waals surface area contributed by atoms with Crippen molar-refractivity contribution in [3.05, 3.63) is 0 Å². The van der Waals surface area contributed by atoms with Gasteiger partial charge in [0.1, 0.15) is 0 Å². The molecule has 3 nitrogen and oxygen atoms in total. The van der Waals surface area contributed by atoms with Crippen LogP contribution < -0.4 is 11.1 Å². The van der Waals surface area contributed by atoms with Gasteiger partial charge in [0.2, 0.25) is 5.91 Å². The summed E-state index contributed by atoms with van der Waals surface area (Å²) < 4.78 is 0. The number of thiocarbonyl (C=S) groups is 1. The Kier molecular flexibility index (Phi) is 4.25. The van der Waals surface area contributed by atoms with Crippen LogP contribution in [0.4, 0.5) is 0 Å². The van der Waals surface area contributed by atoms with Crippen LogP contribution in [0.1, 0.15) is 58.3 Å². The normalized spacial score (nSPS) is 30.9. The van der Waals surface area contributed by atoms with Crippen LogP contribution in [0.25, 0.3) is 0 Å². The lowest BCUT2D eigenvalue weighted by molar-refractivity contribution is -0.131. The lowest BCUT2D eigenvalue weighted by Crippen LogP contribution is -2.55. The molecule has 0 aromatic heterocycles. The van der Waals surface area contributed by atoms with Crippen molar-refractivity contribution in [3.63, 3.8) is 0 Å². The highest BCUT2D eigenvalue weighted by atomic mass is 32.1. The summed E-state index contributed by atoms with van der Waals surface area (Å²) in [7, 11) is 0. The van der Waals surface area contributed by atoms with E-state index >= 15 is 0 Å². The third kappa shape index (κ3) is 2.68. The van der Waals surface area contributed by atoms with Crippen LogP contribution in [0.3, 0.4) is 0 Å². The van der Waals surface area contributed by atoms with Crippen molar-refractivity contribution in [2.75, 3.05) is 0 Å². The van der Waals surface area contributed by atoms with E-state index in [2.05, 4.69) is 12.2 Å². The Bertz CT molecular complexity index is 339. The summed E-state index contributed by atoms with van der Waals surface area (Å²) >= 11 is 5.09. The number of hydrogen-bond acceptors (Lipinski definition) is 2. The molecule has 2 aliphatic rings. The van der Waals surface area contributed by atoms with Gasteiger partial charge in [-0.2, -0.15) is 0 Å². The molecule has 0 heterocycles. The molecule has 0 aromatic carbocycles. The number of nitrogens with two attached hydrogens (primary N) is 1. The van der Waals surface area contributed by atoms with Gasteiger partial charge in [-0.1, -0.05) is 38.4 Å². The Morgan fingerprint density at radius 3 is 2.50 bits per heavy atom. The molecular formula is C14H24N2OS. The van der Waals surface area contributed by atoms with Crippen LogP contribution in [0.15, 0.2) is 0 Å². The molecule has 102 valence electrons. The Morgan fingerprint density at radius 1 is 1.22 bits per heavy atom. The van der Waals surface area contributed by atoms with E-state index < -0.39 is 5.41 Å². The first-order chi connectivity index (χ1) is 8.54. The Morgan fingerprint density at radius 2 is 1.94 bits per heavy atom. The number of carbonyl (C=O) groups is 1. The fourth-order valence-corrected chi connectivity index (χ4v) is 3.37. The topological polar surface area (TPSA) is 55.1 Å². The Labute approximate surface area is 115 Å². The summed E-state index contributed by atoms with van der Waals surface area (Å²) in [5, 5.41) is 3.20. The molecule has 0 aromatic rings. The maximum Gasteiger partial charge on any atom is 0.233 e. The first kappa shape index (κ1) is 13.8. The number of hydrogen-bond donors (Lipinski definition) is 2.